The molecule has 0 aliphatic carbocycles. The number of nitrogens with one attached hydrogen (secondary N) is 1. The van der Waals surface area contributed by atoms with E-state index in [4.69, 9.17) is 0 Å². The van der Waals surface area contributed by atoms with Crippen LogP contribution in [-0.2, 0) is 0 Å². The first-order valence-corrected chi connectivity index (χ1v) is 6.85. The number of hydrogen-bond acceptors (Lipinski definition) is 1. The molecule has 0 aliphatic rings. The van der Waals surface area contributed by atoms with Crippen LogP contribution >= 0.6 is 0 Å². The van der Waals surface area contributed by atoms with Crippen LogP contribution < -0.4 is 0 Å². The molecule has 1 heterocycles. The van der Waals surface area contributed by atoms with Gasteiger partial charge in [0.1, 0.15) is 5.82 Å². The number of rotatable bonds is 2. The van der Waals surface area contributed by atoms with E-state index in [9.17, 15) is 26.3 Å². The fourth-order valence-electron chi connectivity index (χ4n) is 2.49. The Kier molecular flexibility index (Phi) is 3.77. The largest absolute Gasteiger partial charge is 0.404 e. The summed E-state index contributed by atoms with van der Waals surface area (Å²) in [6, 6.07) is 11.1. The summed E-state index contributed by atoms with van der Waals surface area (Å²) in [5, 5.41) is 0. The number of halogens is 6. The average molecular weight is 344 g/mol. The van der Waals surface area contributed by atoms with E-state index in [-0.39, 0.29) is 0 Å². The predicted octanol–water partition coefficient (Wildman–Crippen LogP) is 5.44. The summed E-state index contributed by atoms with van der Waals surface area (Å²) in [6.07, 6.45) is -10.8. The van der Waals surface area contributed by atoms with Crippen molar-refractivity contribution in [1.29, 1.82) is 0 Å². The SMILES string of the molecule is FC(F)(F)C(c1ccc(-c2nc3ccccc3[nH]2)cc1)C(F)(F)F. The maximum absolute atomic E-state index is 12.7. The molecule has 0 radical (unpaired) electrons. The van der Waals surface area contributed by atoms with Gasteiger partial charge in [-0.2, -0.15) is 26.3 Å². The predicted molar refractivity (Wildman–Crippen MR) is 76.4 cm³/mol. The summed E-state index contributed by atoms with van der Waals surface area (Å²) in [5.41, 5.74) is 0.924. The minimum Gasteiger partial charge on any atom is -0.338 e. The van der Waals surface area contributed by atoms with Gasteiger partial charge >= 0.3 is 12.4 Å². The smallest absolute Gasteiger partial charge is 0.338 e. The molecule has 0 fully saturated rings. The van der Waals surface area contributed by atoms with Crippen molar-refractivity contribution < 1.29 is 26.3 Å². The maximum Gasteiger partial charge on any atom is 0.404 e. The summed E-state index contributed by atoms with van der Waals surface area (Å²) in [5.74, 6) is -3.13. The highest BCUT2D eigenvalue weighted by Crippen LogP contribution is 2.46. The van der Waals surface area contributed by atoms with Gasteiger partial charge < -0.3 is 4.98 Å². The first-order chi connectivity index (χ1) is 11.2. The monoisotopic (exact) mass is 344 g/mol. The standard InChI is InChI=1S/C16H10F6N2/c17-15(18,19)13(16(20,21)22)9-5-7-10(8-6-9)14-23-11-3-1-2-4-12(11)24-14/h1-8,13H,(H,23,24). The molecule has 24 heavy (non-hydrogen) atoms. The molecule has 2 nitrogen and oxygen atoms in total. The molecule has 0 spiro atoms. The Morgan fingerprint density at radius 1 is 0.792 bits per heavy atom. The van der Waals surface area contributed by atoms with Crippen molar-refractivity contribution in [2.24, 2.45) is 0 Å². The molecule has 126 valence electrons. The number of fused-ring (bicyclic) bond motifs is 1. The molecular formula is C16H10F6N2. The molecule has 0 aliphatic heterocycles. The van der Waals surface area contributed by atoms with Gasteiger partial charge in [0.05, 0.1) is 11.0 Å². The normalized spacial score (nSPS) is 13.0. The van der Waals surface area contributed by atoms with Crippen molar-refractivity contribution in [3.63, 3.8) is 0 Å². The Morgan fingerprint density at radius 3 is 1.92 bits per heavy atom. The van der Waals surface area contributed by atoms with Crippen LogP contribution in [0.1, 0.15) is 11.5 Å². The van der Waals surface area contributed by atoms with Gasteiger partial charge in [0.25, 0.3) is 0 Å². The van der Waals surface area contributed by atoms with E-state index < -0.39 is 23.8 Å². The van der Waals surface area contributed by atoms with Crippen molar-refractivity contribution in [1.82, 2.24) is 9.97 Å². The summed E-state index contributed by atoms with van der Waals surface area (Å²) in [4.78, 5) is 7.22. The third-order valence-corrected chi connectivity index (χ3v) is 3.56. The molecule has 0 amide bonds. The topological polar surface area (TPSA) is 28.7 Å². The zero-order valence-electron chi connectivity index (χ0n) is 11.9. The zero-order chi connectivity index (χ0) is 17.5. The van der Waals surface area contributed by atoms with E-state index in [1.165, 1.54) is 12.1 Å². The van der Waals surface area contributed by atoms with Crippen LogP contribution in [-0.4, -0.2) is 22.3 Å². The second-order valence-electron chi connectivity index (χ2n) is 5.24. The Bertz CT molecular complexity index is 798. The number of benzene rings is 2. The van der Waals surface area contributed by atoms with Gasteiger partial charge in [-0.3, -0.25) is 0 Å². The van der Waals surface area contributed by atoms with Crippen LogP contribution in [0.2, 0.25) is 0 Å². The molecule has 8 heteroatoms. The van der Waals surface area contributed by atoms with Gasteiger partial charge in [-0.25, -0.2) is 4.98 Å². The lowest BCUT2D eigenvalue weighted by molar-refractivity contribution is -0.253. The van der Waals surface area contributed by atoms with Crippen LogP contribution in [0.15, 0.2) is 48.5 Å². The van der Waals surface area contributed by atoms with Crippen LogP contribution in [0.25, 0.3) is 22.4 Å². The highest BCUT2D eigenvalue weighted by Gasteiger charge is 2.57. The summed E-state index contributed by atoms with van der Waals surface area (Å²) in [6.45, 7) is 0. The van der Waals surface area contributed by atoms with E-state index in [1.807, 2.05) is 0 Å². The van der Waals surface area contributed by atoms with E-state index in [2.05, 4.69) is 9.97 Å². The fourth-order valence-corrected chi connectivity index (χ4v) is 2.49. The molecule has 3 aromatic rings. The number of nitrogens with zero attached hydrogens (tertiary/aromatic N) is 1. The first-order valence-electron chi connectivity index (χ1n) is 6.85. The van der Waals surface area contributed by atoms with Crippen LogP contribution in [0.5, 0.6) is 0 Å². The number of aromatic amines is 1. The number of imidazole rings is 1. The van der Waals surface area contributed by atoms with Crippen LogP contribution in [0.4, 0.5) is 26.3 Å². The molecule has 0 atom stereocenters. The lowest BCUT2D eigenvalue weighted by atomic mass is 9.96. The minimum atomic E-state index is -5.40. The van der Waals surface area contributed by atoms with Gasteiger partial charge in [0.2, 0.25) is 0 Å². The van der Waals surface area contributed by atoms with E-state index in [1.54, 1.807) is 24.3 Å². The number of alkyl halides is 6. The van der Waals surface area contributed by atoms with Gasteiger partial charge in [-0.05, 0) is 17.7 Å². The molecule has 0 saturated carbocycles. The molecule has 0 saturated heterocycles. The van der Waals surface area contributed by atoms with Gasteiger partial charge in [0.15, 0.2) is 5.92 Å². The average Bonchev–Trinajstić information content (AvgIpc) is 2.89. The Morgan fingerprint density at radius 2 is 1.38 bits per heavy atom. The third kappa shape index (κ3) is 3.08. The Labute approximate surface area is 132 Å². The van der Waals surface area contributed by atoms with Crippen molar-refractivity contribution >= 4 is 11.0 Å². The Balaban J connectivity index is 1.97. The third-order valence-electron chi connectivity index (χ3n) is 3.56. The second kappa shape index (κ2) is 5.54. The highest BCUT2D eigenvalue weighted by atomic mass is 19.4. The summed E-state index contributed by atoms with van der Waals surface area (Å²) in [7, 11) is 0. The fraction of sp³-hybridized carbons (Fsp3) is 0.188. The molecule has 0 unspecified atom stereocenters. The second-order valence-corrected chi connectivity index (χ2v) is 5.24. The lowest BCUT2D eigenvalue weighted by Crippen LogP contribution is -2.34. The maximum atomic E-state index is 12.7. The molecule has 0 bridgehead atoms. The minimum absolute atomic E-state index is 0.373. The molecule has 1 N–H and O–H groups in total. The molecule has 2 aromatic carbocycles. The number of hydrogen-bond donors (Lipinski definition) is 1. The van der Waals surface area contributed by atoms with Gasteiger partial charge in [-0.1, -0.05) is 36.4 Å². The lowest BCUT2D eigenvalue weighted by Gasteiger charge is -2.23. The number of para-hydroxylation sites is 2. The van der Waals surface area contributed by atoms with E-state index in [0.717, 1.165) is 17.6 Å². The zero-order valence-corrected chi connectivity index (χ0v) is 11.9. The molecular weight excluding hydrogens is 334 g/mol. The van der Waals surface area contributed by atoms with Crippen molar-refractivity contribution in [3.8, 4) is 11.4 Å². The van der Waals surface area contributed by atoms with E-state index in [0.29, 0.717) is 16.9 Å². The van der Waals surface area contributed by atoms with E-state index >= 15 is 0 Å². The number of H-pyrrole nitrogens is 1. The quantitative estimate of drug-likeness (QED) is 0.616. The van der Waals surface area contributed by atoms with Gasteiger partial charge in [-0.15, -0.1) is 0 Å². The van der Waals surface area contributed by atoms with Crippen molar-refractivity contribution in [2.75, 3.05) is 0 Å². The highest BCUT2D eigenvalue weighted by molar-refractivity contribution is 5.79. The first kappa shape index (κ1) is 16.4. The summed E-state index contributed by atoms with van der Waals surface area (Å²) >= 11 is 0. The summed E-state index contributed by atoms with van der Waals surface area (Å²) < 4.78 is 76.4. The van der Waals surface area contributed by atoms with Crippen molar-refractivity contribution in [3.05, 3.63) is 54.1 Å². The molecule has 3 rings (SSSR count). The van der Waals surface area contributed by atoms with Crippen molar-refractivity contribution in [2.45, 2.75) is 18.3 Å². The van der Waals surface area contributed by atoms with Crippen LogP contribution in [0.3, 0.4) is 0 Å². The van der Waals surface area contributed by atoms with Crippen LogP contribution in [0, 0.1) is 0 Å². The number of aromatic nitrogens is 2. The Hall–Kier alpha value is -2.51. The van der Waals surface area contributed by atoms with Gasteiger partial charge in [0, 0.05) is 5.56 Å². The molecule has 1 aromatic heterocycles.